The predicted molar refractivity (Wildman–Crippen MR) is 72.9 cm³/mol. The number of nitrogens with one attached hydrogen (secondary N) is 1. The Hall–Kier alpha value is -0.610. The Bertz CT molecular complexity index is 391. The van der Waals surface area contributed by atoms with Gasteiger partial charge in [0.1, 0.15) is 0 Å². The molecule has 0 aliphatic carbocycles. The van der Waals surface area contributed by atoms with E-state index in [4.69, 9.17) is 0 Å². The van der Waals surface area contributed by atoms with Crippen LogP contribution >= 0.6 is 11.8 Å². The van der Waals surface area contributed by atoms with E-state index in [2.05, 4.69) is 5.32 Å². The lowest BCUT2D eigenvalue weighted by Crippen LogP contribution is -2.32. The molecule has 1 heterocycles. The van der Waals surface area contributed by atoms with E-state index in [0.717, 1.165) is 18.7 Å². The highest BCUT2D eigenvalue weighted by atomic mass is 32.2. The molecule has 0 bridgehead atoms. The molecule has 2 atom stereocenters. The van der Waals surface area contributed by atoms with Crippen LogP contribution in [0.5, 0.6) is 0 Å². The summed E-state index contributed by atoms with van der Waals surface area (Å²) in [6.45, 7) is 2.76. The van der Waals surface area contributed by atoms with Crippen molar-refractivity contribution in [1.82, 2.24) is 5.32 Å². The van der Waals surface area contributed by atoms with Crippen LogP contribution in [0.2, 0.25) is 0 Å². The van der Waals surface area contributed by atoms with Crippen molar-refractivity contribution < 1.29 is 8.78 Å². The fraction of sp³-hybridized carbons (Fsp3) is 0.571. The molecule has 0 amide bonds. The van der Waals surface area contributed by atoms with Gasteiger partial charge in [-0.15, -0.1) is 0 Å². The first-order valence-electron chi connectivity index (χ1n) is 6.53. The molecule has 2 unspecified atom stereocenters. The monoisotopic (exact) mass is 271 g/mol. The van der Waals surface area contributed by atoms with Gasteiger partial charge in [0, 0.05) is 16.9 Å². The first kappa shape index (κ1) is 13.8. The van der Waals surface area contributed by atoms with E-state index >= 15 is 0 Å². The minimum Gasteiger partial charge on any atom is -0.309 e. The second-order valence-corrected chi connectivity index (χ2v) is 5.93. The van der Waals surface area contributed by atoms with Gasteiger partial charge in [0.25, 0.3) is 0 Å². The molecule has 4 heteroatoms. The third kappa shape index (κ3) is 3.04. The average Bonchev–Trinajstić information content (AvgIpc) is 2.41. The summed E-state index contributed by atoms with van der Waals surface area (Å²) < 4.78 is 27.2. The van der Waals surface area contributed by atoms with Crippen LogP contribution in [0.1, 0.15) is 37.8 Å². The van der Waals surface area contributed by atoms with Crippen LogP contribution in [0, 0.1) is 11.6 Å². The van der Waals surface area contributed by atoms with Gasteiger partial charge in [0.2, 0.25) is 0 Å². The highest BCUT2D eigenvalue weighted by molar-refractivity contribution is 8.00. The van der Waals surface area contributed by atoms with Crippen molar-refractivity contribution in [3.63, 3.8) is 0 Å². The number of thioether (sulfide) groups is 1. The molecule has 0 spiro atoms. The van der Waals surface area contributed by atoms with Crippen molar-refractivity contribution in [2.24, 2.45) is 0 Å². The molecule has 0 radical (unpaired) electrons. The number of hydrogen-bond acceptors (Lipinski definition) is 2. The van der Waals surface area contributed by atoms with Gasteiger partial charge in [-0.25, -0.2) is 8.78 Å². The molecule has 2 rings (SSSR count). The number of halogens is 2. The van der Waals surface area contributed by atoms with Crippen LogP contribution < -0.4 is 5.32 Å². The number of hydrogen-bond donors (Lipinski definition) is 1. The summed E-state index contributed by atoms with van der Waals surface area (Å²) in [7, 11) is 0. The minimum absolute atomic E-state index is 0.0870. The molecule has 0 aromatic heterocycles. The van der Waals surface area contributed by atoms with Gasteiger partial charge >= 0.3 is 0 Å². The zero-order valence-electron chi connectivity index (χ0n) is 10.6. The van der Waals surface area contributed by atoms with Crippen molar-refractivity contribution in [2.45, 2.75) is 37.5 Å². The largest absolute Gasteiger partial charge is 0.309 e. The van der Waals surface area contributed by atoms with E-state index in [1.54, 1.807) is 12.1 Å². The fourth-order valence-electron chi connectivity index (χ4n) is 2.45. The molecule has 1 aromatic rings. The van der Waals surface area contributed by atoms with Gasteiger partial charge in [-0.3, -0.25) is 0 Å². The Labute approximate surface area is 111 Å². The third-order valence-corrected chi connectivity index (χ3v) is 4.79. The SMILES string of the molecule is CCNC(c1cccc(F)c1F)C1CCCCS1. The highest BCUT2D eigenvalue weighted by Crippen LogP contribution is 2.35. The molecular formula is C14H19F2NS. The lowest BCUT2D eigenvalue weighted by atomic mass is 9.98. The maximum Gasteiger partial charge on any atom is 0.163 e. The standard InChI is InChI=1S/C14H19F2NS/c1-2-17-14(12-8-3-4-9-18-12)10-6-5-7-11(15)13(10)16/h5-7,12,14,17H,2-4,8-9H2,1H3. The maximum absolute atomic E-state index is 13.9. The lowest BCUT2D eigenvalue weighted by Gasteiger charge is -2.31. The fourth-order valence-corrected chi connectivity index (χ4v) is 3.89. The van der Waals surface area contributed by atoms with Gasteiger partial charge in [-0.2, -0.15) is 11.8 Å². The Kier molecular flexibility index (Phi) is 5.01. The van der Waals surface area contributed by atoms with Crippen LogP contribution in [0.15, 0.2) is 18.2 Å². The van der Waals surface area contributed by atoms with E-state index in [0.29, 0.717) is 10.8 Å². The lowest BCUT2D eigenvalue weighted by molar-refractivity contribution is 0.444. The normalized spacial score (nSPS) is 21.8. The molecule has 0 saturated carbocycles. The highest BCUT2D eigenvalue weighted by Gasteiger charge is 2.27. The Balaban J connectivity index is 2.25. The zero-order chi connectivity index (χ0) is 13.0. The molecule has 100 valence electrons. The molecule has 1 nitrogen and oxygen atoms in total. The molecular weight excluding hydrogens is 252 g/mol. The summed E-state index contributed by atoms with van der Waals surface area (Å²) in [6, 6.07) is 4.37. The predicted octanol–water partition coefficient (Wildman–Crippen LogP) is 3.90. The maximum atomic E-state index is 13.9. The summed E-state index contributed by atoms with van der Waals surface area (Å²) >= 11 is 1.87. The molecule has 1 saturated heterocycles. The van der Waals surface area contributed by atoms with Crippen molar-refractivity contribution in [1.29, 1.82) is 0 Å². The van der Waals surface area contributed by atoms with Crippen LogP contribution in [-0.2, 0) is 0 Å². The smallest absolute Gasteiger partial charge is 0.163 e. The van der Waals surface area contributed by atoms with Gasteiger partial charge < -0.3 is 5.32 Å². The Morgan fingerprint density at radius 1 is 1.39 bits per heavy atom. The van der Waals surface area contributed by atoms with Gasteiger partial charge in [-0.1, -0.05) is 25.5 Å². The quantitative estimate of drug-likeness (QED) is 0.891. The first-order chi connectivity index (χ1) is 8.74. The topological polar surface area (TPSA) is 12.0 Å². The minimum atomic E-state index is -0.754. The van der Waals surface area contributed by atoms with E-state index < -0.39 is 11.6 Å². The summed E-state index contributed by atoms with van der Waals surface area (Å²) in [5, 5.41) is 3.65. The van der Waals surface area contributed by atoms with Crippen LogP contribution in [0.3, 0.4) is 0 Å². The Morgan fingerprint density at radius 3 is 2.89 bits per heavy atom. The summed E-state index contributed by atoms with van der Waals surface area (Å²) in [5.41, 5.74) is 0.469. The zero-order valence-corrected chi connectivity index (χ0v) is 11.4. The first-order valence-corrected chi connectivity index (χ1v) is 7.57. The second-order valence-electron chi connectivity index (χ2n) is 4.58. The molecule has 18 heavy (non-hydrogen) atoms. The summed E-state index contributed by atoms with van der Waals surface area (Å²) in [6.07, 6.45) is 3.47. The van der Waals surface area contributed by atoms with Crippen molar-refractivity contribution in [3.8, 4) is 0 Å². The summed E-state index contributed by atoms with van der Waals surface area (Å²) in [4.78, 5) is 0. The van der Waals surface area contributed by atoms with Crippen LogP contribution in [0.25, 0.3) is 0 Å². The van der Waals surface area contributed by atoms with Crippen molar-refractivity contribution in [2.75, 3.05) is 12.3 Å². The third-order valence-electron chi connectivity index (χ3n) is 3.33. The van der Waals surface area contributed by atoms with Crippen LogP contribution in [0.4, 0.5) is 8.78 Å². The average molecular weight is 271 g/mol. The van der Waals surface area contributed by atoms with Crippen LogP contribution in [-0.4, -0.2) is 17.5 Å². The van der Waals surface area contributed by atoms with E-state index in [-0.39, 0.29) is 6.04 Å². The van der Waals surface area contributed by atoms with E-state index in [1.807, 2.05) is 18.7 Å². The van der Waals surface area contributed by atoms with E-state index in [1.165, 1.54) is 18.9 Å². The van der Waals surface area contributed by atoms with Gasteiger partial charge in [-0.05, 0) is 31.2 Å². The van der Waals surface area contributed by atoms with Gasteiger partial charge in [0.05, 0.1) is 0 Å². The molecule has 1 aliphatic heterocycles. The van der Waals surface area contributed by atoms with E-state index in [9.17, 15) is 8.78 Å². The second kappa shape index (κ2) is 6.53. The molecule has 1 aliphatic rings. The molecule has 1 fully saturated rings. The molecule has 1 aromatic carbocycles. The van der Waals surface area contributed by atoms with Crippen molar-refractivity contribution in [3.05, 3.63) is 35.4 Å². The number of benzene rings is 1. The number of rotatable bonds is 4. The molecule has 1 N–H and O–H groups in total. The van der Waals surface area contributed by atoms with Crippen molar-refractivity contribution >= 4 is 11.8 Å². The summed E-state index contributed by atoms with van der Waals surface area (Å²) in [5.74, 6) is -0.338. The van der Waals surface area contributed by atoms with Gasteiger partial charge in [0.15, 0.2) is 11.6 Å². The Morgan fingerprint density at radius 2 is 2.22 bits per heavy atom.